The molecule has 0 aliphatic carbocycles. The topological polar surface area (TPSA) is 59.7 Å². The lowest BCUT2D eigenvalue weighted by atomic mass is 10.2. The Morgan fingerprint density at radius 2 is 2.24 bits per heavy atom. The fourth-order valence-electron chi connectivity index (χ4n) is 2.48. The molecule has 3 rings (SSSR count). The molecule has 0 spiro atoms. The number of carbonyl (C=O) groups excluding carboxylic acids is 1. The summed E-state index contributed by atoms with van der Waals surface area (Å²) >= 11 is 1.42. The number of hydrogen-bond acceptors (Lipinski definition) is 5. The summed E-state index contributed by atoms with van der Waals surface area (Å²) in [5.41, 5.74) is 1.21. The summed E-state index contributed by atoms with van der Waals surface area (Å²) in [6, 6.07) is 6.61. The molecule has 1 saturated heterocycles. The minimum atomic E-state index is -0.257. The molecule has 1 fully saturated rings. The van der Waals surface area contributed by atoms with Gasteiger partial charge in [-0.2, -0.15) is 5.10 Å². The number of halogens is 1. The summed E-state index contributed by atoms with van der Waals surface area (Å²) < 4.78 is 20.4. The standard InChI is InChI=1S/C17H19FN4O2S/c1-24-8-4-7-22-16(23)12-25-17(22)20-14-9-19-21(11-14)10-13-5-2-3-6-15(13)18/h2-3,5-6,9,11H,4,7-8,10,12H2,1H3. The summed E-state index contributed by atoms with van der Waals surface area (Å²) in [4.78, 5) is 18.2. The van der Waals surface area contributed by atoms with E-state index < -0.39 is 0 Å². The molecule has 1 aliphatic rings. The molecule has 25 heavy (non-hydrogen) atoms. The van der Waals surface area contributed by atoms with Crippen LogP contribution in [0.5, 0.6) is 0 Å². The number of aliphatic imine (C=N–C) groups is 1. The average molecular weight is 362 g/mol. The lowest BCUT2D eigenvalue weighted by molar-refractivity contribution is -0.124. The molecule has 132 valence electrons. The highest BCUT2D eigenvalue weighted by atomic mass is 32.2. The molecule has 0 N–H and O–H groups in total. The minimum Gasteiger partial charge on any atom is -0.385 e. The van der Waals surface area contributed by atoms with Crippen LogP contribution in [0.25, 0.3) is 0 Å². The minimum absolute atomic E-state index is 0.0543. The van der Waals surface area contributed by atoms with Crippen LogP contribution in [-0.4, -0.2) is 51.8 Å². The van der Waals surface area contributed by atoms with E-state index in [9.17, 15) is 9.18 Å². The van der Waals surface area contributed by atoms with Crippen LogP contribution in [-0.2, 0) is 16.1 Å². The summed E-state index contributed by atoms with van der Waals surface area (Å²) in [6.07, 6.45) is 4.12. The summed E-state index contributed by atoms with van der Waals surface area (Å²) in [7, 11) is 1.64. The van der Waals surface area contributed by atoms with Gasteiger partial charge >= 0.3 is 0 Å². The van der Waals surface area contributed by atoms with Crippen LogP contribution in [0.15, 0.2) is 41.7 Å². The lowest BCUT2D eigenvalue weighted by Gasteiger charge is -2.15. The van der Waals surface area contributed by atoms with Gasteiger partial charge in [-0.3, -0.25) is 14.4 Å². The first-order valence-electron chi connectivity index (χ1n) is 7.94. The SMILES string of the molecule is COCCCN1C(=O)CSC1=Nc1cnn(Cc2ccccc2F)c1. The van der Waals surface area contributed by atoms with E-state index in [1.54, 1.807) is 47.3 Å². The number of ether oxygens (including phenoxy) is 1. The quantitative estimate of drug-likeness (QED) is 0.711. The Balaban J connectivity index is 1.70. The zero-order valence-electron chi connectivity index (χ0n) is 13.9. The molecule has 0 atom stereocenters. The Morgan fingerprint density at radius 1 is 1.40 bits per heavy atom. The van der Waals surface area contributed by atoms with Crippen molar-refractivity contribution in [3.63, 3.8) is 0 Å². The molecule has 0 radical (unpaired) electrons. The zero-order valence-corrected chi connectivity index (χ0v) is 14.7. The fraction of sp³-hybridized carbons (Fsp3) is 0.353. The first kappa shape index (κ1) is 17.6. The van der Waals surface area contributed by atoms with Crippen LogP contribution in [0.4, 0.5) is 10.1 Å². The molecule has 2 aromatic rings. The molecule has 0 unspecified atom stereocenters. The van der Waals surface area contributed by atoms with E-state index in [0.29, 0.717) is 41.9 Å². The highest BCUT2D eigenvalue weighted by Crippen LogP contribution is 2.23. The van der Waals surface area contributed by atoms with Crippen LogP contribution in [0.3, 0.4) is 0 Å². The number of rotatable bonds is 7. The average Bonchev–Trinajstić information content (AvgIpc) is 3.18. The third kappa shape index (κ3) is 4.46. The van der Waals surface area contributed by atoms with Crippen molar-refractivity contribution in [1.82, 2.24) is 14.7 Å². The number of thioether (sulfide) groups is 1. The van der Waals surface area contributed by atoms with E-state index >= 15 is 0 Å². The molecule has 1 aromatic carbocycles. The highest BCUT2D eigenvalue weighted by molar-refractivity contribution is 8.15. The van der Waals surface area contributed by atoms with Crippen molar-refractivity contribution in [1.29, 1.82) is 0 Å². The Bertz CT molecular complexity index is 778. The first-order chi connectivity index (χ1) is 12.2. The van der Waals surface area contributed by atoms with Gasteiger partial charge in [0, 0.05) is 25.8 Å². The predicted octanol–water partition coefficient (Wildman–Crippen LogP) is 2.67. The molecular weight excluding hydrogens is 343 g/mol. The number of nitrogens with zero attached hydrogens (tertiary/aromatic N) is 4. The van der Waals surface area contributed by atoms with Crippen LogP contribution in [0.1, 0.15) is 12.0 Å². The number of amides is 1. The molecule has 1 amide bonds. The maximum Gasteiger partial charge on any atom is 0.239 e. The van der Waals surface area contributed by atoms with Crippen LogP contribution in [0, 0.1) is 5.82 Å². The maximum atomic E-state index is 13.7. The molecule has 0 saturated carbocycles. The van der Waals surface area contributed by atoms with Crippen molar-refractivity contribution in [2.45, 2.75) is 13.0 Å². The van der Waals surface area contributed by atoms with Gasteiger partial charge in [-0.1, -0.05) is 30.0 Å². The van der Waals surface area contributed by atoms with Crippen molar-refractivity contribution in [3.8, 4) is 0 Å². The Hall–Kier alpha value is -2.19. The number of aromatic nitrogens is 2. The van der Waals surface area contributed by atoms with E-state index in [1.165, 1.54) is 17.8 Å². The lowest BCUT2D eigenvalue weighted by Crippen LogP contribution is -2.31. The van der Waals surface area contributed by atoms with Gasteiger partial charge in [0.1, 0.15) is 11.5 Å². The van der Waals surface area contributed by atoms with E-state index in [0.717, 1.165) is 6.42 Å². The van der Waals surface area contributed by atoms with E-state index in [4.69, 9.17) is 4.74 Å². The molecule has 6 nitrogen and oxygen atoms in total. The Morgan fingerprint density at radius 3 is 3.04 bits per heavy atom. The van der Waals surface area contributed by atoms with Gasteiger partial charge in [0.2, 0.25) is 5.91 Å². The number of benzene rings is 1. The van der Waals surface area contributed by atoms with E-state index in [2.05, 4.69) is 10.1 Å². The van der Waals surface area contributed by atoms with Gasteiger partial charge in [-0.25, -0.2) is 9.38 Å². The monoisotopic (exact) mass is 362 g/mol. The van der Waals surface area contributed by atoms with Crippen LogP contribution < -0.4 is 0 Å². The van der Waals surface area contributed by atoms with Crippen LogP contribution in [0.2, 0.25) is 0 Å². The third-order valence-electron chi connectivity index (χ3n) is 3.72. The number of hydrogen-bond donors (Lipinski definition) is 0. The molecule has 2 heterocycles. The van der Waals surface area contributed by atoms with Gasteiger partial charge in [0.25, 0.3) is 0 Å². The zero-order chi connectivity index (χ0) is 17.6. The van der Waals surface area contributed by atoms with Gasteiger partial charge in [-0.05, 0) is 12.5 Å². The summed E-state index contributed by atoms with van der Waals surface area (Å²) in [6.45, 7) is 1.52. The van der Waals surface area contributed by atoms with Crippen molar-refractivity contribution >= 4 is 28.5 Å². The predicted molar refractivity (Wildman–Crippen MR) is 95.5 cm³/mol. The number of amidine groups is 1. The smallest absolute Gasteiger partial charge is 0.239 e. The molecule has 1 aromatic heterocycles. The molecule has 1 aliphatic heterocycles. The van der Waals surface area contributed by atoms with Crippen molar-refractivity contribution in [3.05, 3.63) is 48.0 Å². The maximum absolute atomic E-state index is 13.7. The third-order valence-corrected chi connectivity index (χ3v) is 4.68. The molecular formula is C17H19FN4O2S. The van der Waals surface area contributed by atoms with Gasteiger partial charge in [0.15, 0.2) is 5.17 Å². The van der Waals surface area contributed by atoms with Crippen molar-refractivity contribution in [2.24, 2.45) is 4.99 Å². The van der Waals surface area contributed by atoms with Crippen molar-refractivity contribution < 1.29 is 13.9 Å². The van der Waals surface area contributed by atoms with Crippen LogP contribution >= 0.6 is 11.8 Å². The van der Waals surface area contributed by atoms with Gasteiger partial charge in [0.05, 0.1) is 24.7 Å². The Kier molecular flexibility index (Phi) is 5.83. The van der Waals surface area contributed by atoms with Crippen molar-refractivity contribution in [2.75, 3.05) is 26.0 Å². The summed E-state index contributed by atoms with van der Waals surface area (Å²) in [5, 5.41) is 4.90. The van der Waals surface area contributed by atoms with E-state index in [1.807, 2.05) is 0 Å². The normalized spacial score (nSPS) is 16.2. The second-order valence-electron chi connectivity index (χ2n) is 5.56. The van der Waals surface area contributed by atoms with Gasteiger partial charge < -0.3 is 4.74 Å². The summed E-state index contributed by atoms with van der Waals surface area (Å²) in [5.74, 6) is 0.195. The molecule has 8 heteroatoms. The Labute approximate surface area is 149 Å². The fourth-order valence-corrected chi connectivity index (χ4v) is 3.40. The largest absolute Gasteiger partial charge is 0.385 e. The first-order valence-corrected chi connectivity index (χ1v) is 8.92. The molecule has 0 bridgehead atoms. The second kappa shape index (κ2) is 8.26. The highest BCUT2D eigenvalue weighted by Gasteiger charge is 2.27. The number of methoxy groups -OCH3 is 1. The van der Waals surface area contributed by atoms with E-state index in [-0.39, 0.29) is 11.7 Å². The van der Waals surface area contributed by atoms with Gasteiger partial charge in [-0.15, -0.1) is 0 Å². The number of carbonyl (C=O) groups is 1. The second-order valence-corrected chi connectivity index (χ2v) is 6.50.